The monoisotopic (exact) mass is 472 g/mol. The van der Waals surface area contributed by atoms with Gasteiger partial charge in [0.25, 0.3) is 10.1 Å². The number of hydrogen-bond donors (Lipinski definition) is 0. The van der Waals surface area contributed by atoms with Crippen LogP contribution in [0.25, 0.3) is 0 Å². The predicted molar refractivity (Wildman–Crippen MR) is 140 cm³/mol. The van der Waals surface area contributed by atoms with E-state index in [-0.39, 0.29) is 31.9 Å². The van der Waals surface area contributed by atoms with Crippen molar-refractivity contribution in [2.75, 3.05) is 6.61 Å². The van der Waals surface area contributed by atoms with Gasteiger partial charge >= 0.3 is 18.9 Å². The normalized spacial score (nSPS) is 12.6. The first-order valence-corrected chi connectivity index (χ1v) is 15.0. The quantitative estimate of drug-likeness (QED) is 0.0759. The first kappa shape index (κ1) is 34.6. The van der Waals surface area contributed by atoms with Gasteiger partial charge in [-0.2, -0.15) is 8.42 Å². The van der Waals surface area contributed by atoms with Crippen molar-refractivity contribution in [2.24, 2.45) is 0 Å². The molecule has 0 bridgehead atoms. The first-order valence-electron chi connectivity index (χ1n) is 13.6. The fourth-order valence-electron chi connectivity index (χ4n) is 3.95. The molecule has 32 heavy (non-hydrogen) atoms. The maximum atomic E-state index is 14.0. The Hall–Kier alpha value is 0.437. The molecule has 0 aromatic heterocycles. The van der Waals surface area contributed by atoms with Crippen LogP contribution in [0.2, 0.25) is 0 Å². The van der Waals surface area contributed by atoms with Gasteiger partial charge in [0.15, 0.2) is 0 Å². The Morgan fingerprint density at radius 1 is 0.562 bits per heavy atom. The summed E-state index contributed by atoms with van der Waals surface area (Å²) in [7, 11) is -4.05. The molecule has 0 aromatic carbocycles. The van der Waals surface area contributed by atoms with Crippen LogP contribution in [0.1, 0.15) is 155 Å². The van der Waals surface area contributed by atoms with E-state index in [0.717, 1.165) is 32.1 Å². The summed E-state index contributed by atoms with van der Waals surface area (Å²) in [4.78, 5) is 0. The van der Waals surface area contributed by atoms with Gasteiger partial charge in [-0.1, -0.05) is 136 Å². The molecule has 0 spiro atoms. The first-order chi connectivity index (χ1) is 15.0. The van der Waals surface area contributed by atoms with Crippen LogP contribution in [0.5, 0.6) is 0 Å². The van der Waals surface area contributed by atoms with E-state index in [2.05, 4.69) is 13.8 Å². The van der Waals surface area contributed by atoms with Crippen LogP contribution in [0.15, 0.2) is 0 Å². The van der Waals surface area contributed by atoms with Gasteiger partial charge in [0.05, 0.1) is 6.61 Å². The van der Waals surface area contributed by atoms with Gasteiger partial charge in [-0.25, -0.2) is 4.39 Å². The van der Waals surface area contributed by atoms with Crippen LogP contribution in [0.4, 0.5) is 4.39 Å². The molecular formula is C26H54FLiO3S. The fraction of sp³-hybridized carbons (Fsp3) is 1.00. The average molecular weight is 473 g/mol. The second kappa shape index (κ2) is 26.0. The summed E-state index contributed by atoms with van der Waals surface area (Å²) in [5.41, 5.74) is -1.87. The summed E-state index contributed by atoms with van der Waals surface area (Å²) in [6.45, 7) is 4.56. The molecule has 0 aliphatic heterocycles. The minimum atomic E-state index is -4.05. The molecule has 6 heteroatoms. The van der Waals surface area contributed by atoms with Gasteiger partial charge in [0.1, 0.15) is 0 Å². The van der Waals surface area contributed by atoms with Crippen LogP contribution < -0.4 is 0 Å². The molecule has 0 radical (unpaired) electrons. The van der Waals surface area contributed by atoms with Crippen LogP contribution in [-0.2, 0) is 14.3 Å². The van der Waals surface area contributed by atoms with Crippen molar-refractivity contribution < 1.29 is 17.0 Å². The molecule has 0 heterocycles. The van der Waals surface area contributed by atoms with Crippen LogP contribution in [0.3, 0.4) is 0 Å². The number of hydrogen-bond acceptors (Lipinski definition) is 3. The van der Waals surface area contributed by atoms with Gasteiger partial charge < -0.3 is 0 Å². The average Bonchev–Trinajstić information content (AvgIpc) is 2.75. The molecule has 0 aromatic rings. The number of rotatable bonds is 25. The summed E-state index contributed by atoms with van der Waals surface area (Å²) in [5.74, 6) is 0. The maximum absolute atomic E-state index is 14.0. The van der Waals surface area contributed by atoms with Crippen LogP contribution in [0, 0.1) is 0 Å². The third-order valence-electron chi connectivity index (χ3n) is 6.09. The van der Waals surface area contributed by atoms with Gasteiger partial charge in [0, 0.05) is 0 Å². The molecular weight excluding hydrogens is 418 g/mol. The van der Waals surface area contributed by atoms with Gasteiger partial charge in [-0.3, -0.25) is 4.18 Å². The molecule has 0 saturated heterocycles. The molecule has 0 N–H and O–H groups in total. The number of alkyl halides is 1. The Bertz CT molecular complexity index is 460. The van der Waals surface area contributed by atoms with Crippen molar-refractivity contribution in [2.45, 2.75) is 161 Å². The van der Waals surface area contributed by atoms with Crippen LogP contribution >= 0.6 is 0 Å². The minimum absolute atomic E-state index is 0. The van der Waals surface area contributed by atoms with Gasteiger partial charge in [0.2, 0.25) is 5.50 Å². The summed E-state index contributed by atoms with van der Waals surface area (Å²) < 4.78 is 42.6. The Balaban J connectivity index is 0. The summed E-state index contributed by atoms with van der Waals surface area (Å²) in [6.07, 6.45) is 25.0. The van der Waals surface area contributed by atoms with Crippen molar-refractivity contribution in [3.05, 3.63) is 0 Å². The Morgan fingerprint density at radius 2 is 0.875 bits per heavy atom. The Kier molecular flexibility index (Phi) is 28.2. The SMILES string of the molecule is CCCCCCCCCCCCCCCCOS(=O)(=O)C(F)CCCCCCCCC.[LiH]. The van der Waals surface area contributed by atoms with E-state index in [9.17, 15) is 12.8 Å². The van der Waals surface area contributed by atoms with Gasteiger partial charge in [-0.05, 0) is 19.3 Å². The van der Waals surface area contributed by atoms with E-state index in [1.165, 1.54) is 89.9 Å². The van der Waals surface area contributed by atoms with E-state index < -0.39 is 15.6 Å². The van der Waals surface area contributed by atoms with E-state index in [1.54, 1.807) is 0 Å². The molecule has 0 fully saturated rings. The Morgan fingerprint density at radius 3 is 1.25 bits per heavy atom. The zero-order valence-corrected chi connectivity index (χ0v) is 21.7. The van der Waals surface area contributed by atoms with E-state index >= 15 is 0 Å². The molecule has 3 nitrogen and oxygen atoms in total. The molecule has 0 rings (SSSR count). The van der Waals surface area contributed by atoms with Crippen LogP contribution in [-0.4, -0.2) is 39.4 Å². The summed E-state index contributed by atoms with van der Waals surface area (Å²) >= 11 is 0. The van der Waals surface area contributed by atoms with Crippen molar-refractivity contribution in [3.63, 3.8) is 0 Å². The Labute approximate surface area is 212 Å². The van der Waals surface area contributed by atoms with E-state index in [0.29, 0.717) is 12.8 Å². The third kappa shape index (κ3) is 23.6. The molecule has 0 aliphatic rings. The zero-order chi connectivity index (χ0) is 23.0. The fourth-order valence-corrected chi connectivity index (χ4v) is 4.90. The third-order valence-corrected chi connectivity index (χ3v) is 7.45. The molecule has 190 valence electrons. The molecule has 1 unspecified atom stereocenters. The zero-order valence-electron chi connectivity index (χ0n) is 20.9. The van der Waals surface area contributed by atoms with Crippen molar-refractivity contribution in [1.82, 2.24) is 0 Å². The molecule has 0 saturated carbocycles. The molecule has 1 atom stereocenters. The molecule has 0 aliphatic carbocycles. The second-order valence-corrected chi connectivity index (χ2v) is 11.0. The topological polar surface area (TPSA) is 43.4 Å². The predicted octanol–water partition coefficient (Wildman–Crippen LogP) is 8.60. The standard InChI is InChI=1S/C26H53FO3S.Li.H/c1-3-5-7-9-11-12-13-14-15-16-17-19-21-23-25-30-31(28,29)26(27)24-22-20-18-10-8-6-4-2;;/h26H,3-25H2,1-2H3;;. The molecule has 0 amide bonds. The van der Waals surface area contributed by atoms with Gasteiger partial charge in [-0.15, -0.1) is 0 Å². The summed E-state index contributed by atoms with van der Waals surface area (Å²) in [6, 6.07) is 0. The number of halogens is 1. The van der Waals surface area contributed by atoms with Crippen molar-refractivity contribution in [3.8, 4) is 0 Å². The second-order valence-electron chi connectivity index (χ2n) is 9.23. The van der Waals surface area contributed by atoms with E-state index in [4.69, 9.17) is 4.18 Å². The van der Waals surface area contributed by atoms with Crippen molar-refractivity contribution >= 4 is 29.0 Å². The van der Waals surface area contributed by atoms with Crippen molar-refractivity contribution in [1.29, 1.82) is 0 Å². The summed E-state index contributed by atoms with van der Waals surface area (Å²) in [5, 5.41) is 0. The number of unbranched alkanes of at least 4 members (excludes halogenated alkanes) is 19. The van der Waals surface area contributed by atoms with E-state index in [1.807, 2.05) is 0 Å².